The lowest BCUT2D eigenvalue weighted by atomic mass is 10.1. The number of nitrogens with zero attached hydrogens (tertiary/aromatic N) is 4. The third-order valence-electron chi connectivity index (χ3n) is 3.48. The first-order chi connectivity index (χ1) is 10.7. The van der Waals surface area contributed by atoms with Gasteiger partial charge in [0.2, 0.25) is 5.95 Å². The SMILES string of the molecule is CCCCCCCCSc1nc(NO)nc(N(CC)CC)n1. The number of unbranched alkanes of at least 4 members (excludes halogenated alkanes) is 5. The predicted octanol–water partition coefficient (Wildman–Crippen LogP) is 3.97. The number of anilines is 2. The monoisotopic (exact) mass is 327 g/mol. The first-order valence-electron chi connectivity index (χ1n) is 8.29. The topological polar surface area (TPSA) is 74.2 Å². The van der Waals surface area contributed by atoms with Gasteiger partial charge in [-0.05, 0) is 20.3 Å². The van der Waals surface area contributed by atoms with Crippen LogP contribution in [-0.2, 0) is 0 Å². The summed E-state index contributed by atoms with van der Waals surface area (Å²) >= 11 is 1.63. The molecule has 22 heavy (non-hydrogen) atoms. The number of hydrogen-bond donors (Lipinski definition) is 2. The highest BCUT2D eigenvalue weighted by Gasteiger charge is 2.11. The molecule has 0 spiro atoms. The van der Waals surface area contributed by atoms with Crippen LogP contribution >= 0.6 is 11.8 Å². The van der Waals surface area contributed by atoms with Gasteiger partial charge in [-0.3, -0.25) is 5.21 Å². The molecule has 7 heteroatoms. The van der Waals surface area contributed by atoms with Gasteiger partial charge in [0.1, 0.15) is 0 Å². The molecule has 1 rings (SSSR count). The third kappa shape index (κ3) is 6.79. The van der Waals surface area contributed by atoms with E-state index in [0.29, 0.717) is 11.1 Å². The zero-order valence-corrected chi connectivity index (χ0v) is 14.8. The summed E-state index contributed by atoms with van der Waals surface area (Å²) in [6.45, 7) is 8.00. The van der Waals surface area contributed by atoms with Crippen LogP contribution < -0.4 is 10.4 Å². The molecule has 2 N–H and O–H groups in total. The minimum absolute atomic E-state index is 0.211. The molecule has 1 heterocycles. The highest BCUT2D eigenvalue weighted by Crippen LogP contribution is 2.20. The van der Waals surface area contributed by atoms with E-state index < -0.39 is 0 Å². The van der Waals surface area contributed by atoms with Gasteiger partial charge in [-0.2, -0.15) is 15.0 Å². The molecule has 0 saturated heterocycles. The Morgan fingerprint density at radius 1 is 0.955 bits per heavy atom. The molecule has 0 aliphatic rings. The zero-order valence-electron chi connectivity index (χ0n) is 14.0. The van der Waals surface area contributed by atoms with Gasteiger partial charge in [-0.1, -0.05) is 50.8 Å². The van der Waals surface area contributed by atoms with E-state index in [1.807, 2.05) is 10.4 Å². The third-order valence-corrected chi connectivity index (χ3v) is 4.41. The van der Waals surface area contributed by atoms with Crippen LogP contribution in [0.4, 0.5) is 11.9 Å². The van der Waals surface area contributed by atoms with Crippen molar-refractivity contribution < 1.29 is 5.21 Å². The predicted molar refractivity (Wildman–Crippen MR) is 92.9 cm³/mol. The van der Waals surface area contributed by atoms with Crippen LogP contribution in [0, 0.1) is 0 Å². The van der Waals surface area contributed by atoms with Crippen molar-refractivity contribution in [3.63, 3.8) is 0 Å². The van der Waals surface area contributed by atoms with E-state index in [-0.39, 0.29) is 5.95 Å². The minimum atomic E-state index is 0.211. The Morgan fingerprint density at radius 2 is 1.64 bits per heavy atom. The van der Waals surface area contributed by atoms with E-state index in [2.05, 4.69) is 35.7 Å². The van der Waals surface area contributed by atoms with Gasteiger partial charge in [0.05, 0.1) is 0 Å². The second-order valence-electron chi connectivity index (χ2n) is 5.14. The van der Waals surface area contributed by atoms with Crippen molar-refractivity contribution >= 4 is 23.7 Å². The Balaban J connectivity index is 2.49. The van der Waals surface area contributed by atoms with E-state index >= 15 is 0 Å². The lowest BCUT2D eigenvalue weighted by molar-refractivity contribution is 0.381. The smallest absolute Gasteiger partial charge is 0.252 e. The van der Waals surface area contributed by atoms with Gasteiger partial charge in [0, 0.05) is 18.8 Å². The van der Waals surface area contributed by atoms with E-state index in [0.717, 1.165) is 18.8 Å². The summed E-state index contributed by atoms with van der Waals surface area (Å²) in [6.07, 6.45) is 7.68. The zero-order chi connectivity index (χ0) is 16.2. The summed E-state index contributed by atoms with van der Waals surface area (Å²) in [5, 5.41) is 9.74. The van der Waals surface area contributed by atoms with Gasteiger partial charge in [0.25, 0.3) is 5.95 Å². The Bertz CT molecular complexity index is 415. The molecule has 1 aromatic heterocycles. The van der Waals surface area contributed by atoms with E-state index in [9.17, 15) is 0 Å². The van der Waals surface area contributed by atoms with Gasteiger partial charge < -0.3 is 4.90 Å². The fourth-order valence-corrected chi connectivity index (χ4v) is 2.98. The molecule has 0 saturated carbocycles. The summed E-state index contributed by atoms with van der Waals surface area (Å²) in [7, 11) is 0. The molecule has 0 bridgehead atoms. The van der Waals surface area contributed by atoms with Crippen molar-refractivity contribution in [2.75, 3.05) is 29.2 Å². The molecule has 0 unspecified atom stereocenters. The number of aromatic nitrogens is 3. The average molecular weight is 327 g/mol. The summed E-state index contributed by atoms with van der Waals surface area (Å²) in [6, 6.07) is 0. The summed E-state index contributed by atoms with van der Waals surface area (Å²) in [5.41, 5.74) is 2.03. The fraction of sp³-hybridized carbons (Fsp3) is 0.800. The molecule has 126 valence electrons. The van der Waals surface area contributed by atoms with Crippen molar-refractivity contribution in [2.45, 2.75) is 64.5 Å². The van der Waals surface area contributed by atoms with Crippen LogP contribution in [-0.4, -0.2) is 39.0 Å². The molecule has 0 fully saturated rings. The molecule has 0 aromatic carbocycles. The second kappa shape index (κ2) is 11.5. The molecule has 0 atom stereocenters. The number of nitrogens with one attached hydrogen (secondary N) is 1. The molecule has 1 aromatic rings. The van der Waals surface area contributed by atoms with Crippen molar-refractivity contribution in [3.05, 3.63) is 0 Å². The maximum absolute atomic E-state index is 9.08. The second-order valence-corrected chi connectivity index (χ2v) is 6.20. The highest BCUT2D eigenvalue weighted by molar-refractivity contribution is 7.99. The van der Waals surface area contributed by atoms with Crippen molar-refractivity contribution in [2.24, 2.45) is 0 Å². The lowest BCUT2D eigenvalue weighted by Crippen LogP contribution is -2.25. The van der Waals surface area contributed by atoms with Gasteiger partial charge in [0.15, 0.2) is 5.16 Å². The molecule has 6 nitrogen and oxygen atoms in total. The van der Waals surface area contributed by atoms with Gasteiger partial charge in [-0.25, -0.2) is 5.48 Å². The van der Waals surface area contributed by atoms with E-state index in [1.165, 1.54) is 38.5 Å². The van der Waals surface area contributed by atoms with Crippen LogP contribution in [0.3, 0.4) is 0 Å². The first kappa shape index (κ1) is 19.0. The highest BCUT2D eigenvalue weighted by atomic mass is 32.2. The Hall–Kier alpha value is -1.08. The van der Waals surface area contributed by atoms with Crippen molar-refractivity contribution in [1.82, 2.24) is 15.0 Å². The largest absolute Gasteiger partial charge is 0.341 e. The minimum Gasteiger partial charge on any atom is -0.341 e. The van der Waals surface area contributed by atoms with Crippen LogP contribution in [0.25, 0.3) is 0 Å². The number of hydrogen-bond acceptors (Lipinski definition) is 7. The molecule has 0 aliphatic carbocycles. The lowest BCUT2D eigenvalue weighted by Gasteiger charge is -2.19. The Morgan fingerprint density at radius 3 is 2.27 bits per heavy atom. The maximum atomic E-state index is 9.08. The summed E-state index contributed by atoms with van der Waals surface area (Å²) in [5.74, 6) is 1.82. The average Bonchev–Trinajstić information content (AvgIpc) is 2.55. The van der Waals surface area contributed by atoms with Gasteiger partial charge in [-0.15, -0.1) is 0 Å². The molecule has 0 amide bonds. The van der Waals surface area contributed by atoms with Crippen molar-refractivity contribution in [3.8, 4) is 0 Å². The summed E-state index contributed by atoms with van der Waals surface area (Å²) < 4.78 is 0. The molecule has 0 radical (unpaired) electrons. The Kier molecular flexibility index (Phi) is 9.90. The fourth-order valence-electron chi connectivity index (χ4n) is 2.15. The maximum Gasteiger partial charge on any atom is 0.252 e. The van der Waals surface area contributed by atoms with E-state index in [1.54, 1.807) is 11.8 Å². The summed E-state index contributed by atoms with van der Waals surface area (Å²) in [4.78, 5) is 14.9. The van der Waals surface area contributed by atoms with Crippen molar-refractivity contribution in [1.29, 1.82) is 0 Å². The normalized spacial score (nSPS) is 10.7. The van der Waals surface area contributed by atoms with E-state index in [4.69, 9.17) is 5.21 Å². The van der Waals surface area contributed by atoms with Crippen LogP contribution in [0.2, 0.25) is 0 Å². The first-order valence-corrected chi connectivity index (χ1v) is 9.27. The van der Waals surface area contributed by atoms with Crippen LogP contribution in [0.1, 0.15) is 59.3 Å². The number of rotatable bonds is 12. The van der Waals surface area contributed by atoms with Crippen LogP contribution in [0.15, 0.2) is 5.16 Å². The Labute approximate surface area is 138 Å². The molecular formula is C15H29N5OS. The number of thioether (sulfide) groups is 1. The molecular weight excluding hydrogens is 298 g/mol. The van der Waals surface area contributed by atoms with Crippen LogP contribution in [0.5, 0.6) is 0 Å². The standard InChI is InChI=1S/C15H29N5OS/c1-4-7-8-9-10-11-12-22-15-17-13(19-21)16-14(18-15)20(5-2)6-3/h21H,4-12H2,1-3H3,(H,16,17,18,19). The molecule has 0 aliphatic heterocycles. The van der Waals surface area contributed by atoms with Gasteiger partial charge >= 0.3 is 0 Å². The quantitative estimate of drug-likeness (QED) is 0.342.